The second-order valence-corrected chi connectivity index (χ2v) is 5.36. The number of amides is 1. The predicted octanol–water partition coefficient (Wildman–Crippen LogP) is 4.86. The van der Waals surface area contributed by atoms with Gasteiger partial charge in [0.1, 0.15) is 0 Å². The third-order valence-electron chi connectivity index (χ3n) is 3.21. The minimum Gasteiger partial charge on any atom is -0.378 e. The summed E-state index contributed by atoms with van der Waals surface area (Å²) in [7, 11) is 0. The highest BCUT2D eigenvalue weighted by molar-refractivity contribution is 6.30. The molecule has 0 bridgehead atoms. The zero-order valence-electron chi connectivity index (χ0n) is 12.2. The summed E-state index contributed by atoms with van der Waals surface area (Å²) < 4.78 is 0. The molecule has 0 aliphatic carbocycles. The van der Waals surface area contributed by atoms with E-state index in [4.69, 9.17) is 11.6 Å². The van der Waals surface area contributed by atoms with E-state index in [-0.39, 0.29) is 11.9 Å². The van der Waals surface area contributed by atoms with Crippen molar-refractivity contribution in [2.24, 2.45) is 0 Å². The molecule has 21 heavy (non-hydrogen) atoms. The van der Waals surface area contributed by atoms with Crippen LogP contribution in [0.4, 0.5) is 11.4 Å². The minimum atomic E-state index is -0.0685. The molecule has 0 aliphatic heterocycles. The first kappa shape index (κ1) is 15.4. The molecule has 2 aromatic carbocycles. The Morgan fingerprint density at radius 2 is 1.81 bits per heavy atom. The summed E-state index contributed by atoms with van der Waals surface area (Å²) in [6.07, 6.45) is 0.952. The Hall–Kier alpha value is -2.00. The minimum absolute atomic E-state index is 0.0685. The van der Waals surface area contributed by atoms with Crippen LogP contribution in [-0.4, -0.2) is 5.91 Å². The molecule has 0 spiro atoms. The van der Waals surface area contributed by atoms with Crippen molar-refractivity contribution in [1.82, 2.24) is 0 Å². The fourth-order valence-corrected chi connectivity index (χ4v) is 2.40. The van der Waals surface area contributed by atoms with Gasteiger partial charge in [-0.2, -0.15) is 0 Å². The largest absolute Gasteiger partial charge is 0.378 e. The number of anilines is 2. The van der Waals surface area contributed by atoms with E-state index in [9.17, 15) is 4.79 Å². The van der Waals surface area contributed by atoms with Crippen molar-refractivity contribution in [3.63, 3.8) is 0 Å². The van der Waals surface area contributed by atoms with Crippen LogP contribution in [0.1, 0.15) is 31.9 Å². The zero-order valence-corrected chi connectivity index (χ0v) is 12.9. The van der Waals surface area contributed by atoms with Gasteiger partial charge in [0.25, 0.3) is 0 Å². The van der Waals surface area contributed by atoms with Gasteiger partial charge in [0.2, 0.25) is 5.91 Å². The summed E-state index contributed by atoms with van der Waals surface area (Å²) in [5.41, 5.74) is 2.97. The van der Waals surface area contributed by atoms with Crippen LogP contribution < -0.4 is 10.6 Å². The van der Waals surface area contributed by atoms with Crippen molar-refractivity contribution < 1.29 is 4.79 Å². The normalized spacial score (nSPS) is 11.8. The SMILES string of the molecule is CCC(Nc1ccc(NC(C)=O)cc1)c1cccc(Cl)c1. The van der Waals surface area contributed by atoms with Crippen LogP contribution in [0.5, 0.6) is 0 Å². The lowest BCUT2D eigenvalue weighted by Crippen LogP contribution is -2.10. The molecule has 1 amide bonds. The van der Waals surface area contributed by atoms with E-state index in [0.717, 1.165) is 28.4 Å². The van der Waals surface area contributed by atoms with Gasteiger partial charge in [-0.1, -0.05) is 30.7 Å². The number of halogens is 1. The van der Waals surface area contributed by atoms with Gasteiger partial charge in [0.05, 0.1) is 6.04 Å². The van der Waals surface area contributed by atoms with E-state index in [1.807, 2.05) is 42.5 Å². The number of rotatable bonds is 5. The van der Waals surface area contributed by atoms with Crippen molar-refractivity contribution in [3.8, 4) is 0 Å². The number of hydrogen-bond donors (Lipinski definition) is 2. The van der Waals surface area contributed by atoms with E-state index < -0.39 is 0 Å². The van der Waals surface area contributed by atoms with Gasteiger partial charge >= 0.3 is 0 Å². The molecule has 1 unspecified atom stereocenters. The predicted molar refractivity (Wildman–Crippen MR) is 88.9 cm³/mol. The van der Waals surface area contributed by atoms with E-state index in [0.29, 0.717) is 0 Å². The van der Waals surface area contributed by atoms with Gasteiger partial charge in [0, 0.05) is 23.3 Å². The molecule has 110 valence electrons. The number of nitrogens with one attached hydrogen (secondary N) is 2. The molecule has 0 aromatic heterocycles. The summed E-state index contributed by atoms with van der Waals surface area (Å²) in [5, 5.41) is 6.98. The molecule has 3 nitrogen and oxygen atoms in total. The summed E-state index contributed by atoms with van der Waals surface area (Å²) in [6, 6.07) is 15.8. The molecule has 0 saturated carbocycles. The Labute approximate surface area is 130 Å². The van der Waals surface area contributed by atoms with Crippen LogP contribution in [0.15, 0.2) is 48.5 Å². The quantitative estimate of drug-likeness (QED) is 0.828. The van der Waals surface area contributed by atoms with Gasteiger partial charge in [0.15, 0.2) is 0 Å². The number of carbonyl (C=O) groups is 1. The summed E-state index contributed by atoms with van der Waals surface area (Å²) in [4.78, 5) is 11.0. The summed E-state index contributed by atoms with van der Waals surface area (Å²) >= 11 is 6.05. The Morgan fingerprint density at radius 1 is 1.14 bits per heavy atom. The van der Waals surface area contributed by atoms with Crippen LogP contribution in [0.25, 0.3) is 0 Å². The highest BCUT2D eigenvalue weighted by atomic mass is 35.5. The first-order valence-electron chi connectivity index (χ1n) is 6.98. The molecule has 2 aromatic rings. The van der Waals surface area contributed by atoms with Gasteiger partial charge < -0.3 is 10.6 Å². The number of hydrogen-bond acceptors (Lipinski definition) is 2. The number of carbonyl (C=O) groups excluding carboxylic acids is 1. The third kappa shape index (κ3) is 4.50. The Kier molecular flexibility index (Phi) is 5.23. The monoisotopic (exact) mass is 302 g/mol. The van der Waals surface area contributed by atoms with Crippen molar-refractivity contribution in [2.75, 3.05) is 10.6 Å². The molecule has 1 atom stereocenters. The van der Waals surface area contributed by atoms with Crippen LogP contribution in [-0.2, 0) is 4.79 Å². The summed E-state index contributed by atoms with van der Waals surface area (Å²) in [6.45, 7) is 3.63. The van der Waals surface area contributed by atoms with Gasteiger partial charge in [-0.3, -0.25) is 4.79 Å². The molecule has 2 N–H and O–H groups in total. The first-order valence-corrected chi connectivity index (χ1v) is 7.36. The van der Waals surface area contributed by atoms with E-state index in [1.165, 1.54) is 6.92 Å². The van der Waals surface area contributed by atoms with Crippen molar-refractivity contribution in [3.05, 3.63) is 59.1 Å². The Balaban J connectivity index is 2.10. The Morgan fingerprint density at radius 3 is 2.38 bits per heavy atom. The van der Waals surface area contributed by atoms with Gasteiger partial charge in [-0.25, -0.2) is 0 Å². The lowest BCUT2D eigenvalue weighted by atomic mass is 10.0. The molecule has 0 aliphatic rings. The second-order valence-electron chi connectivity index (χ2n) is 4.92. The molecule has 0 fully saturated rings. The molecule has 2 rings (SSSR count). The average Bonchev–Trinajstić information content (AvgIpc) is 2.46. The molecule has 0 saturated heterocycles. The fraction of sp³-hybridized carbons (Fsp3) is 0.235. The van der Waals surface area contributed by atoms with Gasteiger partial charge in [-0.05, 0) is 48.4 Å². The third-order valence-corrected chi connectivity index (χ3v) is 3.44. The average molecular weight is 303 g/mol. The molecule has 4 heteroatoms. The number of benzene rings is 2. The highest BCUT2D eigenvalue weighted by Gasteiger charge is 2.09. The lowest BCUT2D eigenvalue weighted by Gasteiger charge is -2.19. The van der Waals surface area contributed by atoms with E-state index in [2.05, 4.69) is 23.6 Å². The van der Waals surface area contributed by atoms with E-state index >= 15 is 0 Å². The van der Waals surface area contributed by atoms with Crippen LogP contribution in [0.2, 0.25) is 5.02 Å². The summed E-state index contributed by atoms with van der Waals surface area (Å²) in [5.74, 6) is -0.0685. The smallest absolute Gasteiger partial charge is 0.221 e. The van der Waals surface area contributed by atoms with Crippen LogP contribution in [0.3, 0.4) is 0 Å². The first-order chi connectivity index (χ1) is 10.1. The fourth-order valence-electron chi connectivity index (χ4n) is 2.20. The Bertz CT molecular complexity index is 610. The van der Waals surface area contributed by atoms with E-state index in [1.54, 1.807) is 0 Å². The van der Waals surface area contributed by atoms with Gasteiger partial charge in [-0.15, -0.1) is 0 Å². The molecule has 0 radical (unpaired) electrons. The van der Waals surface area contributed by atoms with Crippen LogP contribution >= 0.6 is 11.6 Å². The topological polar surface area (TPSA) is 41.1 Å². The molecular weight excluding hydrogens is 284 g/mol. The maximum absolute atomic E-state index is 11.0. The molecule has 0 heterocycles. The second kappa shape index (κ2) is 7.14. The van der Waals surface area contributed by atoms with Crippen molar-refractivity contribution >= 4 is 28.9 Å². The van der Waals surface area contributed by atoms with Crippen molar-refractivity contribution in [2.45, 2.75) is 26.3 Å². The lowest BCUT2D eigenvalue weighted by molar-refractivity contribution is -0.114. The highest BCUT2D eigenvalue weighted by Crippen LogP contribution is 2.25. The maximum atomic E-state index is 11.0. The van der Waals surface area contributed by atoms with Crippen LogP contribution in [0, 0.1) is 0 Å². The zero-order chi connectivity index (χ0) is 15.2. The maximum Gasteiger partial charge on any atom is 0.221 e. The van der Waals surface area contributed by atoms with Crippen molar-refractivity contribution in [1.29, 1.82) is 0 Å². The molecular formula is C17H19ClN2O. The standard InChI is InChI=1S/C17H19ClN2O/c1-3-17(13-5-4-6-14(18)11-13)20-16-9-7-15(8-10-16)19-12(2)21/h4-11,17,20H,3H2,1-2H3,(H,19,21).